The maximum absolute atomic E-state index is 5.25. The quantitative estimate of drug-likeness (QED) is 0.770. The summed E-state index contributed by atoms with van der Waals surface area (Å²) in [4.78, 5) is 0. The lowest BCUT2D eigenvalue weighted by Gasteiger charge is -2.12. The highest BCUT2D eigenvalue weighted by Gasteiger charge is 2.13. The van der Waals surface area contributed by atoms with Crippen molar-refractivity contribution in [2.24, 2.45) is 5.10 Å². The van der Waals surface area contributed by atoms with Gasteiger partial charge in [-0.1, -0.05) is 15.9 Å². The molecule has 0 N–H and O–H groups in total. The molecule has 0 unspecified atom stereocenters. The molecule has 0 bridgehead atoms. The van der Waals surface area contributed by atoms with Gasteiger partial charge in [-0.3, -0.25) is 0 Å². The van der Waals surface area contributed by atoms with Gasteiger partial charge in [0, 0.05) is 11.4 Å². The molecule has 1 aromatic rings. The molecule has 1 aliphatic rings. The molecule has 14 heavy (non-hydrogen) atoms. The van der Waals surface area contributed by atoms with E-state index in [4.69, 9.17) is 4.74 Å². The van der Waals surface area contributed by atoms with Gasteiger partial charge in [0.25, 0.3) is 0 Å². The Morgan fingerprint density at radius 2 is 2.21 bits per heavy atom. The zero-order valence-electron chi connectivity index (χ0n) is 8.12. The summed E-state index contributed by atoms with van der Waals surface area (Å²) in [5, 5.41) is 6.08. The Kier molecular flexibility index (Phi) is 2.46. The van der Waals surface area contributed by atoms with Crippen molar-refractivity contribution in [3.63, 3.8) is 0 Å². The van der Waals surface area contributed by atoms with Crippen LogP contribution in [0.1, 0.15) is 12.5 Å². The lowest BCUT2D eigenvalue weighted by Crippen LogP contribution is -2.12. The fraction of sp³-hybridized carbons (Fsp3) is 0.300. The van der Waals surface area contributed by atoms with Crippen molar-refractivity contribution >= 4 is 27.5 Å². The molecule has 0 radical (unpaired) electrons. The Labute approximate surface area is 91.5 Å². The average Bonchev–Trinajstić information content (AvgIpc) is 2.57. The number of anilines is 1. The molecular weight excluding hydrogens is 244 g/mol. The fourth-order valence-corrected chi connectivity index (χ4v) is 1.55. The van der Waals surface area contributed by atoms with E-state index in [0.717, 1.165) is 10.2 Å². The van der Waals surface area contributed by atoms with Crippen LogP contribution in [0.3, 0.4) is 0 Å². The molecule has 0 spiro atoms. The molecule has 0 aliphatic carbocycles. The van der Waals surface area contributed by atoms with Gasteiger partial charge in [0.1, 0.15) is 0 Å². The van der Waals surface area contributed by atoms with Crippen molar-refractivity contribution in [1.29, 1.82) is 0 Å². The summed E-state index contributed by atoms with van der Waals surface area (Å²) < 4.78 is 6.37. The van der Waals surface area contributed by atoms with Crippen molar-refractivity contribution in [1.82, 2.24) is 0 Å². The number of hydrogen-bond donors (Lipinski definition) is 0. The van der Waals surface area contributed by atoms with E-state index in [0.29, 0.717) is 12.6 Å². The van der Waals surface area contributed by atoms with E-state index < -0.39 is 0 Å². The molecule has 0 saturated carbocycles. The highest BCUT2D eigenvalue weighted by molar-refractivity contribution is 9.10. The summed E-state index contributed by atoms with van der Waals surface area (Å²) in [7, 11) is 0. The largest absolute Gasteiger partial charge is 0.457 e. The Bertz CT molecular complexity index is 390. The van der Waals surface area contributed by atoms with Crippen molar-refractivity contribution < 1.29 is 4.74 Å². The number of rotatable bonds is 1. The van der Waals surface area contributed by atoms with Crippen LogP contribution in [-0.4, -0.2) is 12.6 Å². The number of halogens is 1. The first kappa shape index (κ1) is 9.52. The smallest absolute Gasteiger partial charge is 0.205 e. The van der Waals surface area contributed by atoms with Crippen molar-refractivity contribution in [3.05, 3.63) is 28.2 Å². The topological polar surface area (TPSA) is 24.8 Å². The van der Waals surface area contributed by atoms with Crippen LogP contribution < -0.4 is 5.01 Å². The third-order valence-electron chi connectivity index (χ3n) is 2.10. The van der Waals surface area contributed by atoms with Gasteiger partial charge >= 0.3 is 0 Å². The van der Waals surface area contributed by atoms with Gasteiger partial charge < -0.3 is 4.74 Å². The van der Waals surface area contributed by atoms with E-state index in [1.165, 1.54) is 5.56 Å². The number of ether oxygens (including phenoxy) is 1. The maximum atomic E-state index is 5.25. The Hall–Kier alpha value is -1.03. The third-order valence-corrected chi connectivity index (χ3v) is 2.99. The van der Waals surface area contributed by atoms with Gasteiger partial charge in [-0.2, -0.15) is 0 Å². The Morgan fingerprint density at radius 1 is 1.43 bits per heavy atom. The fourth-order valence-electron chi connectivity index (χ4n) is 1.30. The predicted octanol–water partition coefficient (Wildman–Crippen LogP) is 2.89. The molecular formula is C10H11BrN2O. The van der Waals surface area contributed by atoms with Crippen LogP contribution in [0.15, 0.2) is 27.8 Å². The second-order valence-electron chi connectivity index (χ2n) is 3.23. The van der Waals surface area contributed by atoms with Gasteiger partial charge in [0.15, 0.2) is 6.73 Å². The van der Waals surface area contributed by atoms with Crippen molar-refractivity contribution in [2.45, 2.75) is 13.8 Å². The van der Waals surface area contributed by atoms with Gasteiger partial charge in [-0.15, -0.1) is 5.10 Å². The summed E-state index contributed by atoms with van der Waals surface area (Å²) in [6, 6.07) is 6.12. The molecule has 0 amide bonds. The monoisotopic (exact) mass is 254 g/mol. The normalized spacial score (nSPS) is 15.4. The Balaban J connectivity index is 2.29. The molecule has 74 valence electrons. The lowest BCUT2D eigenvalue weighted by molar-refractivity contribution is 0.335. The predicted molar refractivity (Wildman–Crippen MR) is 60.4 cm³/mol. The second-order valence-corrected chi connectivity index (χ2v) is 4.08. The lowest BCUT2D eigenvalue weighted by atomic mass is 10.2. The van der Waals surface area contributed by atoms with Gasteiger partial charge in [-0.25, -0.2) is 5.01 Å². The molecule has 2 rings (SSSR count). The Morgan fingerprint density at radius 3 is 2.79 bits per heavy atom. The molecule has 1 aromatic carbocycles. The molecule has 0 atom stereocenters. The highest BCUT2D eigenvalue weighted by Crippen LogP contribution is 2.24. The highest BCUT2D eigenvalue weighted by atomic mass is 79.9. The van der Waals surface area contributed by atoms with Crippen LogP contribution in [0.4, 0.5) is 5.69 Å². The summed E-state index contributed by atoms with van der Waals surface area (Å²) in [5.41, 5.74) is 2.25. The summed E-state index contributed by atoms with van der Waals surface area (Å²) >= 11 is 3.46. The molecule has 3 nitrogen and oxygen atoms in total. The summed E-state index contributed by atoms with van der Waals surface area (Å²) in [5.74, 6) is 0.713. The third kappa shape index (κ3) is 1.75. The number of aryl methyl sites for hydroxylation is 1. The molecule has 0 saturated heterocycles. The van der Waals surface area contributed by atoms with Crippen LogP contribution >= 0.6 is 15.9 Å². The average molecular weight is 255 g/mol. The molecule has 0 aromatic heterocycles. The minimum atomic E-state index is 0.507. The summed E-state index contributed by atoms with van der Waals surface area (Å²) in [6.45, 7) is 4.42. The minimum absolute atomic E-state index is 0.507. The van der Waals surface area contributed by atoms with Crippen molar-refractivity contribution in [3.8, 4) is 0 Å². The van der Waals surface area contributed by atoms with E-state index in [1.54, 1.807) is 0 Å². The number of hydrazone groups is 1. The first-order valence-corrected chi connectivity index (χ1v) is 5.18. The number of hydrogen-bond acceptors (Lipinski definition) is 3. The van der Waals surface area contributed by atoms with E-state index in [1.807, 2.05) is 24.1 Å². The van der Waals surface area contributed by atoms with E-state index in [-0.39, 0.29) is 0 Å². The van der Waals surface area contributed by atoms with E-state index in [9.17, 15) is 0 Å². The van der Waals surface area contributed by atoms with E-state index >= 15 is 0 Å². The minimum Gasteiger partial charge on any atom is -0.457 e. The number of benzene rings is 1. The number of nitrogens with zero attached hydrogens (tertiary/aromatic N) is 2. The van der Waals surface area contributed by atoms with Crippen LogP contribution in [0, 0.1) is 6.92 Å². The van der Waals surface area contributed by atoms with Gasteiger partial charge in [0.05, 0.1) is 5.69 Å². The first-order valence-electron chi connectivity index (χ1n) is 4.38. The summed E-state index contributed by atoms with van der Waals surface area (Å²) in [6.07, 6.45) is 0. The standard InChI is InChI=1S/C10H11BrN2O/c1-7-5-9(3-4-10(7)11)13-6-14-8(2)12-13/h3-5H,6H2,1-2H3. The zero-order valence-corrected chi connectivity index (χ0v) is 9.71. The molecule has 1 aliphatic heterocycles. The van der Waals surface area contributed by atoms with Crippen LogP contribution in [0.5, 0.6) is 0 Å². The van der Waals surface area contributed by atoms with Gasteiger partial charge in [0.2, 0.25) is 5.90 Å². The maximum Gasteiger partial charge on any atom is 0.205 e. The molecule has 1 heterocycles. The van der Waals surface area contributed by atoms with Crippen LogP contribution in [-0.2, 0) is 4.74 Å². The molecule has 0 fully saturated rings. The van der Waals surface area contributed by atoms with E-state index in [2.05, 4.69) is 34.0 Å². The van der Waals surface area contributed by atoms with Gasteiger partial charge in [-0.05, 0) is 30.7 Å². The van der Waals surface area contributed by atoms with Crippen LogP contribution in [0.25, 0.3) is 0 Å². The molecule has 4 heteroatoms. The second kappa shape index (κ2) is 3.61. The zero-order chi connectivity index (χ0) is 10.1. The van der Waals surface area contributed by atoms with Crippen molar-refractivity contribution in [2.75, 3.05) is 11.7 Å². The van der Waals surface area contributed by atoms with Crippen LogP contribution in [0.2, 0.25) is 0 Å². The SMILES string of the molecule is CC1=NN(c2ccc(Br)c(C)c2)CO1. The first-order chi connectivity index (χ1) is 6.66.